The van der Waals surface area contributed by atoms with Crippen LogP contribution in [0.25, 0.3) is 0 Å². The van der Waals surface area contributed by atoms with Crippen LogP contribution in [0.5, 0.6) is 0 Å². The minimum Gasteiger partial charge on any atom is -0.313 e. The highest BCUT2D eigenvalue weighted by Crippen LogP contribution is 2.49. The topological polar surface area (TPSA) is 12.0 Å². The van der Waals surface area contributed by atoms with Crippen LogP contribution in [0.15, 0.2) is 6.07 Å². The molecular weight excluding hydrogens is 226 g/mol. The van der Waals surface area contributed by atoms with Gasteiger partial charge in [0.15, 0.2) is 0 Å². The zero-order valence-corrected chi connectivity index (χ0v) is 11.4. The molecule has 4 rings (SSSR count). The molecule has 92 valence electrons. The van der Waals surface area contributed by atoms with Crippen molar-refractivity contribution in [1.82, 2.24) is 5.32 Å². The Morgan fingerprint density at radius 1 is 1.29 bits per heavy atom. The first-order chi connectivity index (χ1) is 8.31. The normalized spacial score (nSPS) is 31.8. The molecule has 0 saturated heterocycles. The Hall–Kier alpha value is -0.340. The molecule has 3 fully saturated rings. The monoisotopic (exact) mass is 247 g/mol. The summed E-state index contributed by atoms with van der Waals surface area (Å²) in [7, 11) is 0. The zero-order valence-electron chi connectivity index (χ0n) is 10.5. The van der Waals surface area contributed by atoms with Crippen LogP contribution in [-0.2, 0) is 0 Å². The van der Waals surface area contributed by atoms with E-state index in [0.29, 0.717) is 0 Å². The molecule has 1 heterocycles. The molecule has 0 aliphatic heterocycles. The molecule has 2 unspecified atom stereocenters. The van der Waals surface area contributed by atoms with Crippen molar-refractivity contribution in [3.8, 4) is 0 Å². The van der Waals surface area contributed by atoms with E-state index in [1.807, 2.05) is 0 Å². The van der Waals surface area contributed by atoms with Crippen LogP contribution in [-0.4, -0.2) is 12.6 Å². The number of hydrogen-bond donors (Lipinski definition) is 1. The summed E-state index contributed by atoms with van der Waals surface area (Å²) in [6.45, 7) is 3.60. The van der Waals surface area contributed by atoms with Gasteiger partial charge in [-0.25, -0.2) is 0 Å². The summed E-state index contributed by atoms with van der Waals surface area (Å²) in [4.78, 5) is 3.26. The molecule has 1 aromatic rings. The Bertz CT molecular complexity index is 428. The highest BCUT2D eigenvalue weighted by Gasteiger charge is 2.41. The molecule has 2 atom stereocenters. The van der Waals surface area contributed by atoms with Gasteiger partial charge in [-0.1, -0.05) is 0 Å². The van der Waals surface area contributed by atoms with Gasteiger partial charge < -0.3 is 5.32 Å². The second-order valence-electron chi connectivity index (χ2n) is 6.23. The Balaban J connectivity index is 1.39. The highest BCUT2D eigenvalue weighted by atomic mass is 32.1. The summed E-state index contributed by atoms with van der Waals surface area (Å²) in [5, 5.41) is 3.75. The molecule has 17 heavy (non-hydrogen) atoms. The van der Waals surface area contributed by atoms with Gasteiger partial charge >= 0.3 is 0 Å². The van der Waals surface area contributed by atoms with Gasteiger partial charge in [0.05, 0.1) is 0 Å². The van der Waals surface area contributed by atoms with Crippen LogP contribution in [0.2, 0.25) is 0 Å². The minimum absolute atomic E-state index is 0.806. The largest absolute Gasteiger partial charge is 0.313 e. The van der Waals surface area contributed by atoms with Gasteiger partial charge in [-0.05, 0) is 69.0 Å². The van der Waals surface area contributed by atoms with Crippen molar-refractivity contribution < 1.29 is 0 Å². The first-order valence-electron chi connectivity index (χ1n) is 7.15. The summed E-state index contributed by atoms with van der Waals surface area (Å²) in [5.74, 6) is 2.80. The predicted octanol–water partition coefficient (Wildman–Crippen LogP) is 3.79. The highest BCUT2D eigenvalue weighted by molar-refractivity contribution is 7.12. The standard InChI is InChI=1S/C15H21NS/c1-9-12(11-4-5-11)7-15(17-9)13-6-14(13)16-8-10-2-3-10/h7,10-11,13-14,16H,2-6,8H2,1H3. The molecule has 2 heteroatoms. The fourth-order valence-electron chi connectivity index (χ4n) is 2.88. The van der Waals surface area contributed by atoms with Gasteiger partial charge in [0.25, 0.3) is 0 Å². The fraction of sp³-hybridized carbons (Fsp3) is 0.733. The number of hydrogen-bond acceptors (Lipinski definition) is 2. The van der Waals surface area contributed by atoms with Crippen molar-refractivity contribution in [3.05, 3.63) is 21.4 Å². The van der Waals surface area contributed by atoms with Crippen molar-refractivity contribution in [2.45, 2.75) is 56.9 Å². The van der Waals surface area contributed by atoms with Crippen LogP contribution >= 0.6 is 11.3 Å². The summed E-state index contributed by atoms with van der Waals surface area (Å²) in [6, 6.07) is 3.34. The van der Waals surface area contributed by atoms with Gasteiger partial charge in [-0.2, -0.15) is 0 Å². The Morgan fingerprint density at radius 2 is 2.12 bits per heavy atom. The van der Waals surface area contributed by atoms with Crippen molar-refractivity contribution in [3.63, 3.8) is 0 Å². The number of rotatable bonds is 5. The first-order valence-corrected chi connectivity index (χ1v) is 7.96. The molecule has 0 bridgehead atoms. The van der Waals surface area contributed by atoms with Crippen LogP contribution in [0, 0.1) is 12.8 Å². The average Bonchev–Trinajstić information content (AvgIpc) is 3.20. The van der Waals surface area contributed by atoms with Crippen LogP contribution in [0.4, 0.5) is 0 Å². The van der Waals surface area contributed by atoms with Crippen LogP contribution < -0.4 is 5.32 Å². The first kappa shape index (κ1) is 10.6. The SMILES string of the molecule is Cc1sc(C2CC2NCC2CC2)cc1C1CC1. The van der Waals surface area contributed by atoms with Gasteiger partial charge in [0.2, 0.25) is 0 Å². The molecule has 0 radical (unpaired) electrons. The lowest BCUT2D eigenvalue weighted by atomic mass is 10.1. The quantitative estimate of drug-likeness (QED) is 0.834. The third-order valence-electron chi connectivity index (χ3n) is 4.51. The van der Waals surface area contributed by atoms with Crippen LogP contribution in [0.1, 0.15) is 59.3 Å². The summed E-state index contributed by atoms with van der Waals surface area (Å²) in [5.41, 5.74) is 1.68. The molecule has 1 aromatic heterocycles. The van der Waals surface area contributed by atoms with E-state index >= 15 is 0 Å². The van der Waals surface area contributed by atoms with Gasteiger partial charge in [-0.15, -0.1) is 11.3 Å². The van der Waals surface area contributed by atoms with E-state index in [4.69, 9.17) is 0 Å². The maximum atomic E-state index is 3.75. The van der Waals surface area contributed by atoms with Gasteiger partial charge in [-0.3, -0.25) is 0 Å². The number of thiophene rings is 1. The lowest BCUT2D eigenvalue weighted by Crippen LogP contribution is -2.20. The summed E-state index contributed by atoms with van der Waals surface area (Å²) < 4.78 is 0. The fourth-order valence-corrected chi connectivity index (χ4v) is 4.17. The maximum Gasteiger partial charge on any atom is 0.0151 e. The van der Waals surface area contributed by atoms with Gasteiger partial charge in [0.1, 0.15) is 0 Å². The third kappa shape index (κ3) is 2.17. The van der Waals surface area contributed by atoms with E-state index in [-0.39, 0.29) is 0 Å². The Labute approximate surface area is 108 Å². The van der Waals surface area contributed by atoms with E-state index in [1.165, 1.54) is 38.6 Å². The Kier molecular flexibility index (Phi) is 2.38. The van der Waals surface area contributed by atoms with Crippen molar-refractivity contribution >= 4 is 11.3 Å². The molecule has 3 aliphatic rings. The van der Waals surface area contributed by atoms with Crippen LogP contribution in [0.3, 0.4) is 0 Å². The smallest absolute Gasteiger partial charge is 0.0151 e. The van der Waals surface area contributed by atoms with E-state index in [2.05, 4.69) is 29.6 Å². The summed E-state index contributed by atoms with van der Waals surface area (Å²) in [6.07, 6.45) is 7.19. The molecule has 3 aliphatic carbocycles. The molecule has 3 saturated carbocycles. The molecule has 0 aromatic carbocycles. The van der Waals surface area contributed by atoms with E-state index in [9.17, 15) is 0 Å². The zero-order chi connectivity index (χ0) is 11.4. The van der Waals surface area contributed by atoms with Crippen molar-refractivity contribution in [1.29, 1.82) is 0 Å². The van der Waals surface area contributed by atoms with E-state index in [1.54, 1.807) is 15.3 Å². The lowest BCUT2D eigenvalue weighted by molar-refractivity contribution is 0.626. The average molecular weight is 247 g/mol. The van der Waals surface area contributed by atoms with E-state index < -0.39 is 0 Å². The molecule has 0 amide bonds. The predicted molar refractivity (Wildman–Crippen MR) is 72.9 cm³/mol. The molecular formula is C15H21NS. The third-order valence-corrected chi connectivity index (χ3v) is 5.71. The minimum atomic E-state index is 0.806. The maximum absolute atomic E-state index is 3.75. The number of nitrogens with one attached hydrogen (secondary N) is 1. The molecule has 1 N–H and O–H groups in total. The molecule has 1 nitrogen and oxygen atoms in total. The molecule has 0 spiro atoms. The Morgan fingerprint density at radius 3 is 2.82 bits per heavy atom. The van der Waals surface area contributed by atoms with E-state index in [0.717, 1.165) is 23.8 Å². The summed E-state index contributed by atoms with van der Waals surface area (Å²) >= 11 is 2.07. The van der Waals surface area contributed by atoms with Gasteiger partial charge in [0, 0.05) is 21.7 Å². The van der Waals surface area contributed by atoms with Crippen molar-refractivity contribution in [2.24, 2.45) is 5.92 Å². The number of aryl methyl sites for hydroxylation is 1. The van der Waals surface area contributed by atoms with Crippen molar-refractivity contribution in [2.75, 3.05) is 6.54 Å². The second-order valence-corrected chi connectivity index (χ2v) is 7.52. The second kappa shape index (κ2) is 3.83. The lowest BCUT2D eigenvalue weighted by Gasteiger charge is -2.00.